The Morgan fingerprint density at radius 1 is 1.27 bits per heavy atom. The Kier molecular flexibility index (Phi) is 4.56. The van der Waals surface area contributed by atoms with Crippen LogP contribution in [0.4, 0.5) is 22.0 Å². The van der Waals surface area contributed by atoms with Crippen LogP contribution < -0.4 is 15.4 Å². The Morgan fingerprint density at radius 3 is 2.73 bits per heavy atom. The Labute approximate surface area is 147 Å². The van der Waals surface area contributed by atoms with Gasteiger partial charge in [-0.2, -0.15) is 5.10 Å². The second-order valence-corrected chi connectivity index (χ2v) is 5.30. The Morgan fingerprint density at radius 2 is 2.08 bits per heavy atom. The van der Waals surface area contributed by atoms with Crippen molar-refractivity contribution in [2.75, 3.05) is 17.7 Å². The molecule has 0 saturated heterocycles. The number of aromatic nitrogens is 2. The number of hydrogen-bond acceptors (Lipinski definition) is 6. The molecule has 0 atom stereocenters. The number of anilines is 2. The van der Waals surface area contributed by atoms with Crippen LogP contribution in [0, 0.1) is 17.0 Å². The first kappa shape index (κ1) is 17.0. The lowest BCUT2D eigenvalue weighted by atomic mass is 10.2. The number of methoxy groups -OCH3 is 1. The average Bonchev–Trinajstić information content (AvgIpc) is 3.23. The molecule has 10 heteroatoms. The lowest BCUT2D eigenvalue weighted by Gasteiger charge is -2.09. The zero-order valence-electron chi connectivity index (χ0n) is 13.9. The van der Waals surface area contributed by atoms with E-state index >= 15 is 0 Å². The van der Waals surface area contributed by atoms with E-state index in [-0.39, 0.29) is 17.2 Å². The maximum Gasteiger partial charge on any atom is 0.325 e. The van der Waals surface area contributed by atoms with Gasteiger partial charge in [0.1, 0.15) is 17.2 Å². The first-order valence-corrected chi connectivity index (χ1v) is 7.49. The number of carbonyl (C=O) groups excluding carboxylic acids is 1. The summed E-state index contributed by atoms with van der Waals surface area (Å²) in [4.78, 5) is 22.5. The molecule has 10 nitrogen and oxygen atoms in total. The van der Waals surface area contributed by atoms with Crippen molar-refractivity contribution in [1.29, 1.82) is 0 Å². The van der Waals surface area contributed by atoms with E-state index in [2.05, 4.69) is 20.8 Å². The van der Waals surface area contributed by atoms with Crippen molar-refractivity contribution in [3.05, 3.63) is 52.3 Å². The molecular weight excluding hydrogens is 342 g/mol. The third-order valence-electron chi connectivity index (χ3n) is 3.47. The van der Waals surface area contributed by atoms with Gasteiger partial charge in [0.2, 0.25) is 0 Å². The zero-order chi connectivity index (χ0) is 18.7. The molecule has 0 spiro atoms. The fraction of sp³-hybridized carbons (Fsp3) is 0.125. The molecule has 3 N–H and O–H groups in total. The molecule has 0 saturated carbocycles. The maximum atomic E-state index is 12.2. The summed E-state index contributed by atoms with van der Waals surface area (Å²) < 4.78 is 10.6. The molecule has 1 aromatic carbocycles. The lowest BCUT2D eigenvalue weighted by molar-refractivity contribution is -0.384. The number of nitrogens with zero attached hydrogens (tertiary/aromatic N) is 2. The van der Waals surface area contributed by atoms with Gasteiger partial charge in [-0.25, -0.2) is 4.79 Å². The summed E-state index contributed by atoms with van der Waals surface area (Å²) in [5.41, 5.74) is 0.592. The average molecular weight is 357 g/mol. The van der Waals surface area contributed by atoms with E-state index in [0.717, 1.165) is 5.76 Å². The molecule has 0 aliphatic carbocycles. The van der Waals surface area contributed by atoms with E-state index in [1.807, 2.05) is 13.0 Å². The molecule has 0 aliphatic heterocycles. The number of furan rings is 1. The van der Waals surface area contributed by atoms with Crippen LogP contribution >= 0.6 is 0 Å². The van der Waals surface area contributed by atoms with Crippen LogP contribution in [0.3, 0.4) is 0 Å². The highest BCUT2D eigenvalue weighted by atomic mass is 16.6. The van der Waals surface area contributed by atoms with Gasteiger partial charge in [-0.3, -0.25) is 20.5 Å². The molecule has 0 radical (unpaired) electrons. The lowest BCUT2D eigenvalue weighted by Crippen LogP contribution is -2.20. The van der Waals surface area contributed by atoms with Crippen LogP contribution in [0.1, 0.15) is 5.76 Å². The van der Waals surface area contributed by atoms with Crippen molar-refractivity contribution < 1.29 is 18.9 Å². The van der Waals surface area contributed by atoms with E-state index in [1.54, 1.807) is 12.1 Å². The first-order valence-electron chi connectivity index (χ1n) is 7.49. The van der Waals surface area contributed by atoms with Crippen molar-refractivity contribution in [2.45, 2.75) is 6.92 Å². The number of benzene rings is 1. The van der Waals surface area contributed by atoms with Gasteiger partial charge in [0.05, 0.1) is 17.7 Å². The number of urea groups is 1. The van der Waals surface area contributed by atoms with Gasteiger partial charge in [-0.15, -0.1) is 0 Å². The highest BCUT2D eigenvalue weighted by Gasteiger charge is 2.15. The van der Waals surface area contributed by atoms with Crippen LogP contribution in [0.15, 0.2) is 40.8 Å². The van der Waals surface area contributed by atoms with Crippen molar-refractivity contribution in [3.8, 4) is 17.2 Å². The molecule has 0 fully saturated rings. The SMILES string of the molecule is COc1ccc([N+](=O)[O-])cc1NC(=O)Nc1cc(-c2ccc(C)o2)[nH]n1. The number of nitro groups is 1. The number of aromatic amines is 1. The van der Waals surface area contributed by atoms with E-state index < -0.39 is 11.0 Å². The third-order valence-corrected chi connectivity index (χ3v) is 3.47. The summed E-state index contributed by atoms with van der Waals surface area (Å²) in [6.07, 6.45) is 0. The van der Waals surface area contributed by atoms with Gasteiger partial charge in [0.15, 0.2) is 11.6 Å². The van der Waals surface area contributed by atoms with Crippen LogP contribution in [-0.2, 0) is 0 Å². The summed E-state index contributed by atoms with van der Waals surface area (Å²) in [6, 6.07) is 8.46. The number of H-pyrrole nitrogens is 1. The smallest absolute Gasteiger partial charge is 0.325 e. The highest BCUT2D eigenvalue weighted by molar-refractivity contribution is 6.00. The van der Waals surface area contributed by atoms with Crippen LogP contribution in [0.25, 0.3) is 11.5 Å². The van der Waals surface area contributed by atoms with Crippen molar-refractivity contribution in [3.63, 3.8) is 0 Å². The fourth-order valence-electron chi connectivity index (χ4n) is 2.27. The van der Waals surface area contributed by atoms with Gasteiger partial charge in [-0.05, 0) is 25.1 Å². The normalized spacial score (nSPS) is 10.4. The summed E-state index contributed by atoms with van der Waals surface area (Å²) in [6.45, 7) is 1.82. The molecule has 0 aliphatic rings. The van der Waals surface area contributed by atoms with Gasteiger partial charge < -0.3 is 14.5 Å². The second-order valence-electron chi connectivity index (χ2n) is 5.30. The van der Waals surface area contributed by atoms with Gasteiger partial charge >= 0.3 is 6.03 Å². The monoisotopic (exact) mass is 357 g/mol. The van der Waals surface area contributed by atoms with E-state index in [0.29, 0.717) is 17.2 Å². The Hall–Kier alpha value is -3.82. The molecule has 2 aromatic heterocycles. The zero-order valence-corrected chi connectivity index (χ0v) is 13.9. The molecule has 0 unspecified atom stereocenters. The summed E-state index contributed by atoms with van der Waals surface area (Å²) in [7, 11) is 1.40. The third kappa shape index (κ3) is 3.64. The molecule has 3 rings (SSSR count). The maximum absolute atomic E-state index is 12.2. The van der Waals surface area contributed by atoms with Crippen LogP contribution in [-0.4, -0.2) is 28.3 Å². The highest BCUT2D eigenvalue weighted by Crippen LogP contribution is 2.29. The number of amides is 2. The molecule has 134 valence electrons. The number of rotatable bonds is 5. The number of aryl methyl sites for hydroxylation is 1. The number of ether oxygens (including phenoxy) is 1. The number of hydrogen-bond donors (Lipinski definition) is 3. The fourth-order valence-corrected chi connectivity index (χ4v) is 2.27. The van der Waals surface area contributed by atoms with E-state index in [4.69, 9.17) is 9.15 Å². The van der Waals surface area contributed by atoms with Crippen molar-refractivity contribution in [1.82, 2.24) is 10.2 Å². The Balaban J connectivity index is 1.72. The van der Waals surface area contributed by atoms with E-state index in [1.165, 1.54) is 25.3 Å². The number of carbonyl (C=O) groups is 1. The minimum Gasteiger partial charge on any atom is -0.495 e. The summed E-state index contributed by atoms with van der Waals surface area (Å²) in [5.74, 6) is 1.89. The first-order chi connectivity index (χ1) is 12.5. The van der Waals surface area contributed by atoms with Crippen molar-refractivity contribution in [2.24, 2.45) is 0 Å². The molecule has 3 aromatic rings. The predicted octanol–water partition coefficient (Wildman–Crippen LogP) is 3.54. The van der Waals surface area contributed by atoms with E-state index in [9.17, 15) is 14.9 Å². The molecule has 2 amide bonds. The van der Waals surface area contributed by atoms with Gasteiger partial charge in [0, 0.05) is 18.2 Å². The van der Waals surface area contributed by atoms with Gasteiger partial charge in [-0.1, -0.05) is 0 Å². The van der Waals surface area contributed by atoms with Crippen LogP contribution in [0.5, 0.6) is 5.75 Å². The standard InChI is InChI=1S/C16H15N5O5/c1-9-3-5-14(26-9)12-8-15(20-19-12)18-16(22)17-11-7-10(21(23)24)4-6-13(11)25-2/h3-8H,1-2H3,(H3,17,18,19,20,22). The quantitative estimate of drug-likeness (QED) is 0.472. The molecular formula is C16H15N5O5. The minimum atomic E-state index is -0.627. The van der Waals surface area contributed by atoms with Crippen molar-refractivity contribution >= 4 is 23.2 Å². The topological polar surface area (TPSA) is 135 Å². The Bertz CT molecular complexity index is 962. The molecule has 2 heterocycles. The van der Waals surface area contributed by atoms with Gasteiger partial charge in [0.25, 0.3) is 5.69 Å². The predicted molar refractivity (Wildman–Crippen MR) is 93.3 cm³/mol. The van der Waals surface area contributed by atoms with Crippen LogP contribution in [0.2, 0.25) is 0 Å². The number of non-ortho nitro benzene ring substituents is 1. The summed E-state index contributed by atoms with van der Waals surface area (Å²) in [5, 5.41) is 22.6. The summed E-state index contributed by atoms with van der Waals surface area (Å²) >= 11 is 0. The number of nitro benzene ring substituents is 1. The number of nitrogens with one attached hydrogen (secondary N) is 3. The minimum absolute atomic E-state index is 0.164. The molecule has 26 heavy (non-hydrogen) atoms. The largest absolute Gasteiger partial charge is 0.495 e. The molecule has 0 bridgehead atoms. The second kappa shape index (κ2) is 6.97.